The first-order chi connectivity index (χ1) is 14.6. The van der Waals surface area contributed by atoms with E-state index in [0.29, 0.717) is 6.04 Å². The molecular formula is C25H30N4O. The van der Waals surface area contributed by atoms with E-state index < -0.39 is 5.60 Å². The van der Waals surface area contributed by atoms with E-state index >= 15 is 0 Å². The van der Waals surface area contributed by atoms with Crippen LogP contribution < -0.4 is 5.32 Å². The summed E-state index contributed by atoms with van der Waals surface area (Å²) < 4.78 is 0. The third-order valence-corrected chi connectivity index (χ3v) is 7.30. The van der Waals surface area contributed by atoms with Gasteiger partial charge < -0.3 is 15.4 Å². The molecule has 0 spiro atoms. The maximum Gasteiger partial charge on any atom is 0.137 e. The van der Waals surface area contributed by atoms with E-state index in [2.05, 4.69) is 45.3 Å². The van der Waals surface area contributed by atoms with Crippen molar-refractivity contribution >= 4 is 11.0 Å². The fraction of sp³-hybridized carbons (Fsp3) is 0.480. The summed E-state index contributed by atoms with van der Waals surface area (Å²) in [6, 6.07) is 7.52. The van der Waals surface area contributed by atoms with Crippen LogP contribution in [0.1, 0.15) is 54.0 Å². The predicted molar refractivity (Wildman–Crippen MR) is 119 cm³/mol. The minimum atomic E-state index is -0.425. The molecule has 1 saturated carbocycles. The number of hydrogen-bond donors (Lipinski definition) is 3. The van der Waals surface area contributed by atoms with Gasteiger partial charge in [-0.2, -0.15) is 0 Å². The van der Waals surface area contributed by atoms with Crippen molar-refractivity contribution in [3.63, 3.8) is 0 Å². The zero-order valence-electron chi connectivity index (χ0n) is 17.7. The third-order valence-electron chi connectivity index (χ3n) is 7.30. The van der Waals surface area contributed by atoms with E-state index in [-0.39, 0.29) is 0 Å². The number of fused-ring (bicyclic) bond motifs is 2. The first kappa shape index (κ1) is 18.6. The van der Waals surface area contributed by atoms with Gasteiger partial charge in [0, 0.05) is 49.0 Å². The van der Waals surface area contributed by atoms with Gasteiger partial charge in [-0.25, -0.2) is 4.98 Å². The summed E-state index contributed by atoms with van der Waals surface area (Å²) in [5, 5.41) is 15.4. The number of H-pyrrole nitrogens is 1. The third kappa shape index (κ3) is 3.25. The average Bonchev–Trinajstić information content (AvgIpc) is 3.14. The van der Waals surface area contributed by atoms with Crippen LogP contribution in [0.3, 0.4) is 0 Å². The van der Waals surface area contributed by atoms with Gasteiger partial charge in [-0.1, -0.05) is 0 Å². The quantitative estimate of drug-likeness (QED) is 0.620. The molecule has 0 amide bonds. The van der Waals surface area contributed by atoms with Gasteiger partial charge in [0.25, 0.3) is 0 Å². The molecule has 0 radical (unpaired) electrons. The maximum atomic E-state index is 10.4. The van der Waals surface area contributed by atoms with Gasteiger partial charge in [-0.3, -0.25) is 4.90 Å². The van der Waals surface area contributed by atoms with Crippen LogP contribution in [0.15, 0.2) is 30.6 Å². The molecule has 4 heterocycles. The minimum Gasteiger partial charge on any atom is -0.389 e. The number of aromatic nitrogens is 2. The second-order valence-corrected chi connectivity index (χ2v) is 9.63. The summed E-state index contributed by atoms with van der Waals surface area (Å²) >= 11 is 0. The van der Waals surface area contributed by atoms with Crippen molar-refractivity contribution in [2.24, 2.45) is 0 Å². The van der Waals surface area contributed by atoms with Gasteiger partial charge in [0.1, 0.15) is 5.65 Å². The monoisotopic (exact) mass is 402 g/mol. The van der Waals surface area contributed by atoms with Gasteiger partial charge in [0.2, 0.25) is 0 Å². The molecule has 2 fully saturated rings. The van der Waals surface area contributed by atoms with Crippen molar-refractivity contribution in [2.45, 2.75) is 57.2 Å². The lowest BCUT2D eigenvalue weighted by Crippen LogP contribution is -2.38. The summed E-state index contributed by atoms with van der Waals surface area (Å²) in [6.07, 6.45) is 9.48. The SMILES string of the molecule is Cc1c[nH]c2ncc(-c3cc4c(c([C@@H]5CCCN5)c3)CCN(CC3(O)CC3)C4)cc12. The number of nitrogens with one attached hydrogen (secondary N) is 2. The Morgan fingerprint density at radius 2 is 2.13 bits per heavy atom. The fourth-order valence-corrected chi connectivity index (χ4v) is 5.37. The minimum absolute atomic E-state index is 0.425. The van der Waals surface area contributed by atoms with Crippen LogP contribution >= 0.6 is 0 Å². The molecule has 1 aromatic carbocycles. The second kappa shape index (κ2) is 6.91. The van der Waals surface area contributed by atoms with Crippen molar-refractivity contribution in [3.05, 3.63) is 52.8 Å². The number of rotatable bonds is 4. The summed E-state index contributed by atoms with van der Waals surface area (Å²) in [4.78, 5) is 10.4. The number of hydrogen-bond acceptors (Lipinski definition) is 4. The highest BCUT2D eigenvalue weighted by molar-refractivity contribution is 5.84. The van der Waals surface area contributed by atoms with E-state index in [9.17, 15) is 5.11 Å². The molecule has 3 aromatic rings. The van der Waals surface area contributed by atoms with Gasteiger partial charge in [0.15, 0.2) is 0 Å². The number of benzene rings is 1. The highest BCUT2D eigenvalue weighted by Crippen LogP contribution is 2.39. The van der Waals surface area contributed by atoms with Crippen molar-refractivity contribution in [3.8, 4) is 11.1 Å². The molecule has 5 heteroatoms. The zero-order valence-corrected chi connectivity index (χ0v) is 17.7. The van der Waals surface area contributed by atoms with E-state index in [1.54, 1.807) is 0 Å². The summed E-state index contributed by atoms with van der Waals surface area (Å²) in [6.45, 7) is 6.03. The number of aliphatic hydroxyl groups is 1. The molecule has 1 atom stereocenters. The Bertz CT molecular complexity index is 1110. The predicted octanol–water partition coefficient (Wildman–Crippen LogP) is 3.85. The number of nitrogens with zero attached hydrogens (tertiary/aromatic N) is 2. The van der Waals surface area contributed by atoms with E-state index in [1.165, 1.54) is 51.6 Å². The van der Waals surface area contributed by atoms with Gasteiger partial charge in [-0.05, 0) is 91.6 Å². The number of pyridine rings is 1. The largest absolute Gasteiger partial charge is 0.389 e. The Kier molecular flexibility index (Phi) is 4.27. The van der Waals surface area contributed by atoms with Gasteiger partial charge in [0.05, 0.1) is 5.60 Å². The van der Waals surface area contributed by atoms with Crippen LogP contribution in [-0.4, -0.2) is 45.2 Å². The molecule has 2 aliphatic heterocycles. The Labute approximate surface area is 177 Å². The number of aryl methyl sites for hydroxylation is 1. The first-order valence-electron chi connectivity index (χ1n) is 11.4. The molecule has 0 bridgehead atoms. The van der Waals surface area contributed by atoms with Crippen molar-refractivity contribution in [1.82, 2.24) is 20.2 Å². The van der Waals surface area contributed by atoms with E-state index in [0.717, 1.165) is 51.1 Å². The number of aromatic amines is 1. The normalized spacial score (nSPS) is 23.1. The summed E-state index contributed by atoms with van der Waals surface area (Å²) in [7, 11) is 0. The molecule has 2 aromatic heterocycles. The van der Waals surface area contributed by atoms with Crippen molar-refractivity contribution in [1.29, 1.82) is 0 Å². The Hall–Kier alpha value is -2.21. The molecule has 1 aliphatic carbocycles. The zero-order chi connectivity index (χ0) is 20.3. The Morgan fingerprint density at radius 1 is 1.23 bits per heavy atom. The molecule has 6 rings (SSSR count). The standard InChI is InChI=1S/C25H30N4O/c1-16-12-27-24-21(16)11-18(13-28-24)17-9-19-14-29(15-25(30)5-6-25)8-4-20(19)22(10-17)23-3-2-7-26-23/h9-13,23,26,30H,2-8,14-15H2,1H3,(H,27,28)/t23-/m0/s1. The van der Waals surface area contributed by atoms with Crippen LogP contribution in [0.5, 0.6) is 0 Å². The average molecular weight is 403 g/mol. The van der Waals surface area contributed by atoms with Gasteiger partial charge in [-0.15, -0.1) is 0 Å². The van der Waals surface area contributed by atoms with Crippen LogP contribution in [0, 0.1) is 6.92 Å². The molecule has 30 heavy (non-hydrogen) atoms. The molecule has 0 unspecified atom stereocenters. The highest BCUT2D eigenvalue weighted by Gasteiger charge is 2.42. The lowest BCUT2D eigenvalue weighted by Gasteiger charge is -2.33. The molecule has 3 N–H and O–H groups in total. The second-order valence-electron chi connectivity index (χ2n) is 9.63. The Balaban J connectivity index is 1.42. The van der Waals surface area contributed by atoms with Crippen LogP contribution in [-0.2, 0) is 13.0 Å². The van der Waals surface area contributed by atoms with Crippen molar-refractivity contribution in [2.75, 3.05) is 19.6 Å². The highest BCUT2D eigenvalue weighted by atomic mass is 16.3. The molecular weight excluding hydrogens is 372 g/mol. The summed E-state index contributed by atoms with van der Waals surface area (Å²) in [5.41, 5.74) is 8.66. The molecule has 5 nitrogen and oxygen atoms in total. The Morgan fingerprint density at radius 3 is 2.93 bits per heavy atom. The van der Waals surface area contributed by atoms with E-state index in [4.69, 9.17) is 0 Å². The van der Waals surface area contributed by atoms with Crippen LogP contribution in [0.25, 0.3) is 22.2 Å². The topological polar surface area (TPSA) is 64.2 Å². The van der Waals surface area contributed by atoms with Crippen molar-refractivity contribution < 1.29 is 5.11 Å². The summed E-state index contributed by atoms with van der Waals surface area (Å²) in [5.74, 6) is 0. The van der Waals surface area contributed by atoms with Crippen LogP contribution in [0.2, 0.25) is 0 Å². The van der Waals surface area contributed by atoms with Crippen LogP contribution in [0.4, 0.5) is 0 Å². The lowest BCUT2D eigenvalue weighted by molar-refractivity contribution is 0.0854. The van der Waals surface area contributed by atoms with Gasteiger partial charge >= 0.3 is 0 Å². The lowest BCUT2D eigenvalue weighted by atomic mass is 9.86. The number of β-amino-alcohol motifs (C(OH)–C–C–N with tert-alkyl or cyclic N) is 1. The maximum absolute atomic E-state index is 10.4. The smallest absolute Gasteiger partial charge is 0.137 e. The molecule has 3 aliphatic rings. The van der Waals surface area contributed by atoms with E-state index in [1.807, 2.05) is 12.4 Å². The first-order valence-corrected chi connectivity index (χ1v) is 11.4. The fourth-order valence-electron chi connectivity index (χ4n) is 5.37. The molecule has 1 saturated heterocycles. The molecule has 156 valence electrons.